The molecule has 0 spiro atoms. The van der Waals surface area contributed by atoms with E-state index in [1.54, 1.807) is 0 Å². The van der Waals surface area contributed by atoms with Crippen molar-refractivity contribution in [1.29, 1.82) is 0 Å². The molecule has 0 N–H and O–H groups in total. The summed E-state index contributed by atoms with van der Waals surface area (Å²) < 4.78 is 5.66. The van der Waals surface area contributed by atoms with Crippen LogP contribution in [0.15, 0.2) is 54.6 Å². The molecule has 2 heteroatoms. The number of alkyl halides is 1. The first kappa shape index (κ1) is 17.1. The van der Waals surface area contributed by atoms with Gasteiger partial charge in [0.2, 0.25) is 0 Å². The van der Waals surface area contributed by atoms with Crippen molar-refractivity contribution >= 4 is 15.9 Å². The van der Waals surface area contributed by atoms with Crippen LogP contribution in [0.3, 0.4) is 0 Å². The van der Waals surface area contributed by atoms with Gasteiger partial charge in [-0.2, -0.15) is 0 Å². The molecule has 2 aromatic rings. The van der Waals surface area contributed by atoms with Gasteiger partial charge in [0, 0.05) is 5.33 Å². The van der Waals surface area contributed by atoms with Crippen molar-refractivity contribution < 1.29 is 4.74 Å². The summed E-state index contributed by atoms with van der Waals surface area (Å²) >= 11 is 3.41. The number of unbranched alkanes of at least 4 members (excludes halogenated alkanes) is 2. The average Bonchev–Trinajstić information content (AvgIpc) is 2.57. The van der Waals surface area contributed by atoms with Gasteiger partial charge in [0.15, 0.2) is 0 Å². The third-order valence-electron chi connectivity index (χ3n) is 3.74. The number of benzene rings is 2. The van der Waals surface area contributed by atoms with Crippen LogP contribution in [0.25, 0.3) is 0 Å². The van der Waals surface area contributed by atoms with E-state index in [0.717, 1.165) is 30.5 Å². The Morgan fingerprint density at radius 1 is 0.682 bits per heavy atom. The van der Waals surface area contributed by atoms with Gasteiger partial charge < -0.3 is 4.74 Å². The van der Waals surface area contributed by atoms with Gasteiger partial charge in [-0.25, -0.2) is 0 Å². The molecule has 0 atom stereocenters. The topological polar surface area (TPSA) is 9.23 Å². The highest BCUT2D eigenvalue weighted by Crippen LogP contribution is 2.15. The van der Waals surface area contributed by atoms with Gasteiger partial charge in [-0.3, -0.25) is 0 Å². The van der Waals surface area contributed by atoms with Gasteiger partial charge in [-0.05, 0) is 55.4 Å². The summed E-state index contributed by atoms with van der Waals surface area (Å²) in [5.74, 6) is 0.980. The second kappa shape index (κ2) is 10.4. The van der Waals surface area contributed by atoms with Crippen molar-refractivity contribution in [3.63, 3.8) is 0 Å². The van der Waals surface area contributed by atoms with E-state index in [2.05, 4.69) is 70.5 Å². The molecule has 0 amide bonds. The summed E-state index contributed by atoms with van der Waals surface area (Å²) in [5, 5.41) is 0.994. The lowest BCUT2D eigenvalue weighted by Crippen LogP contribution is -1.97. The predicted octanol–water partition coefficient (Wildman–Crippen LogP) is 5.81. The Balaban J connectivity index is 1.60. The highest BCUT2D eigenvalue weighted by Gasteiger charge is 1.97. The molecule has 0 heterocycles. The summed E-state index contributed by atoms with van der Waals surface area (Å²) in [4.78, 5) is 0. The van der Waals surface area contributed by atoms with Crippen molar-refractivity contribution in [2.45, 2.75) is 38.5 Å². The molecule has 0 radical (unpaired) electrons. The first-order valence-corrected chi connectivity index (χ1v) is 9.32. The summed E-state index contributed by atoms with van der Waals surface area (Å²) in [6.07, 6.45) is 7.23. The van der Waals surface area contributed by atoms with Crippen LogP contribution < -0.4 is 4.74 Å². The van der Waals surface area contributed by atoms with Gasteiger partial charge in [0.25, 0.3) is 0 Å². The first-order chi connectivity index (χ1) is 10.9. The Morgan fingerprint density at radius 3 is 1.95 bits per heavy atom. The Morgan fingerprint density at radius 2 is 1.32 bits per heavy atom. The largest absolute Gasteiger partial charge is 0.494 e. The van der Waals surface area contributed by atoms with Gasteiger partial charge in [-0.15, -0.1) is 0 Å². The molecule has 0 bridgehead atoms. The van der Waals surface area contributed by atoms with Crippen LogP contribution in [-0.4, -0.2) is 11.9 Å². The van der Waals surface area contributed by atoms with E-state index < -0.39 is 0 Å². The number of hydrogen-bond donors (Lipinski definition) is 0. The zero-order valence-electron chi connectivity index (χ0n) is 13.1. The zero-order valence-corrected chi connectivity index (χ0v) is 14.7. The van der Waals surface area contributed by atoms with Crippen LogP contribution in [0.2, 0.25) is 0 Å². The normalized spacial score (nSPS) is 10.6. The van der Waals surface area contributed by atoms with Crippen LogP contribution in [0, 0.1) is 0 Å². The number of aryl methyl sites for hydroxylation is 2. The smallest absolute Gasteiger partial charge is 0.119 e. The van der Waals surface area contributed by atoms with Crippen molar-refractivity contribution in [1.82, 2.24) is 0 Å². The predicted molar refractivity (Wildman–Crippen MR) is 98.0 cm³/mol. The van der Waals surface area contributed by atoms with Gasteiger partial charge >= 0.3 is 0 Å². The molecule has 0 saturated heterocycles. The molecule has 2 rings (SSSR count). The Bertz CT molecular complexity index is 507. The maximum absolute atomic E-state index is 5.66. The summed E-state index contributed by atoms with van der Waals surface area (Å²) in [7, 11) is 0. The Hall–Kier alpha value is -1.28. The molecule has 1 nitrogen and oxygen atoms in total. The van der Waals surface area contributed by atoms with Crippen LogP contribution in [0.5, 0.6) is 5.75 Å². The van der Waals surface area contributed by atoms with E-state index in [4.69, 9.17) is 4.74 Å². The minimum atomic E-state index is 0.782. The molecule has 22 heavy (non-hydrogen) atoms. The SMILES string of the molecule is BrCCCOc1ccc(CCCCCc2ccccc2)cc1. The number of halogens is 1. The minimum absolute atomic E-state index is 0.782. The second-order valence-electron chi connectivity index (χ2n) is 5.58. The molecule has 0 aromatic heterocycles. The zero-order chi connectivity index (χ0) is 15.5. The first-order valence-electron chi connectivity index (χ1n) is 8.20. The fourth-order valence-corrected chi connectivity index (χ4v) is 2.71. The molecule has 0 fully saturated rings. The number of ether oxygens (including phenoxy) is 1. The molecule has 0 saturated carbocycles. The van der Waals surface area contributed by atoms with Crippen LogP contribution in [0.1, 0.15) is 36.8 Å². The van der Waals surface area contributed by atoms with Gasteiger partial charge in [-0.1, -0.05) is 64.8 Å². The van der Waals surface area contributed by atoms with E-state index in [9.17, 15) is 0 Å². The average molecular weight is 361 g/mol. The lowest BCUT2D eigenvalue weighted by molar-refractivity contribution is 0.319. The third kappa shape index (κ3) is 6.65. The van der Waals surface area contributed by atoms with Gasteiger partial charge in [0.05, 0.1) is 6.61 Å². The van der Waals surface area contributed by atoms with E-state index in [0.29, 0.717) is 0 Å². The molecule has 0 aliphatic heterocycles. The molecule has 118 valence electrons. The quantitative estimate of drug-likeness (QED) is 0.384. The summed E-state index contributed by atoms with van der Waals surface area (Å²) in [5.41, 5.74) is 2.86. The monoisotopic (exact) mass is 360 g/mol. The molecule has 2 aromatic carbocycles. The lowest BCUT2D eigenvalue weighted by atomic mass is 10.0. The standard InChI is InChI=1S/C20H25BrO/c21-16-7-17-22-20-14-12-19(13-15-20)11-6-2-5-10-18-8-3-1-4-9-18/h1,3-4,8-9,12-15H,2,5-7,10-11,16-17H2. The molecule has 0 aliphatic carbocycles. The van der Waals surface area contributed by atoms with Crippen molar-refractivity contribution in [3.05, 3.63) is 65.7 Å². The lowest BCUT2D eigenvalue weighted by Gasteiger charge is -2.06. The van der Waals surface area contributed by atoms with Crippen molar-refractivity contribution in [2.75, 3.05) is 11.9 Å². The molecule has 0 aliphatic rings. The highest BCUT2D eigenvalue weighted by atomic mass is 79.9. The molecule has 0 unspecified atom stereocenters. The number of rotatable bonds is 10. The maximum Gasteiger partial charge on any atom is 0.119 e. The van der Waals surface area contributed by atoms with E-state index in [-0.39, 0.29) is 0 Å². The van der Waals surface area contributed by atoms with Crippen LogP contribution >= 0.6 is 15.9 Å². The minimum Gasteiger partial charge on any atom is -0.494 e. The maximum atomic E-state index is 5.66. The van der Waals surface area contributed by atoms with E-state index >= 15 is 0 Å². The fraction of sp³-hybridized carbons (Fsp3) is 0.400. The molecular weight excluding hydrogens is 336 g/mol. The highest BCUT2D eigenvalue weighted by molar-refractivity contribution is 9.09. The third-order valence-corrected chi connectivity index (χ3v) is 4.30. The van der Waals surface area contributed by atoms with Crippen molar-refractivity contribution in [2.24, 2.45) is 0 Å². The Kier molecular flexibility index (Phi) is 8.11. The van der Waals surface area contributed by atoms with Gasteiger partial charge in [0.1, 0.15) is 5.75 Å². The molecular formula is C20H25BrO. The van der Waals surface area contributed by atoms with Crippen LogP contribution in [-0.2, 0) is 12.8 Å². The van der Waals surface area contributed by atoms with E-state index in [1.807, 2.05) is 0 Å². The van der Waals surface area contributed by atoms with E-state index in [1.165, 1.54) is 36.8 Å². The second-order valence-corrected chi connectivity index (χ2v) is 6.37. The number of hydrogen-bond acceptors (Lipinski definition) is 1. The Labute approximate surface area is 142 Å². The summed E-state index contributed by atoms with van der Waals surface area (Å²) in [6.45, 7) is 0.782. The summed E-state index contributed by atoms with van der Waals surface area (Å²) in [6, 6.07) is 19.3. The van der Waals surface area contributed by atoms with Crippen molar-refractivity contribution in [3.8, 4) is 5.75 Å². The fourth-order valence-electron chi connectivity index (χ4n) is 2.48. The van der Waals surface area contributed by atoms with Crippen LogP contribution in [0.4, 0.5) is 0 Å².